The molecule has 86 valence electrons. The molecule has 15 heavy (non-hydrogen) atoms. The van der Waals surface area contributed by atoms with E-state index in [0.717, 1.165) is 29.1 Å². The van der Waals surface area contributed by atoms with Crippen molar-refractivity contribution in [1.29, 1.82) is 0 Å². The summed E-state index contributed by atoms with van der Waals surface area (Å²) in [7, 11) is 0. The van der Waals surface area contributed by atoms with Gasteiger partial charge >= 0.3 is 0 Å². The topological polar surface area (TPSA) is 0 Å². The van der Waals surface area contributed by atoms with Crippen molar-refractivity contribution in [2.75, 3.05) is 0 Å². The fourth-order valence-electron chi connectivity index (χ4n) is 4.55. The summed E-state index contributed by atoms with van der Waals surface area (Å²) in [4.78, 5) is 0. The lowest BCUT2D eigenvalue weighted by atomic mass is 9.69. The molecule has 3 aliphatic carbocycles. The van der Waals surface area contributed by atoms with Crippen LogP contribution >= 0.6 is 0 Å². The van der Waals surface area contributed by atoms with Gasteiger partial charge in [-0.25, -0.2) is 0 Å². The Hall–Kier alpha value is 0. The normalized spacial score (nSPS) is 55.2. The van der Waals surface area contributed by atoms with Crippen molar-refractivity contribution in [3.8, 4) is 0 Å². The van der Waals surface area contributed by atoms with Crippen LogP contribution < -0.4 is 0 Å². The SMILES string of the molecule is CCC1CC1CC1CC2CC2(C)C1(C)C. The molecule has 0 aromatic heterocycles. The molecule has 0 spiro atoms. The van der Waals surface area contributed by atoms with Gasteiger partial charge in [0.15, 0.2) is 0 Å². The zero-order chi connectivity index (χ0) is 10.8. The standard InChI is InChI=1S/C15H26/c1-5-10-6-11(10)7-12-8-13-9-15(13,4)14(12,2)3/h10-13H,5-9H2,1-4H3. The van der Waals surface area contributed by atoms with Crippen molar-refractivity contribution < 1.29 is 0 Å². The van der Waals surface area contributed by atoms with Crippen molar-refractivity contribution in [2.45, 2.75) is 59.8 Å². The molecule has 5 unspecified atom stereocenters. The Balaban J connectivity index is 1.64. The summed E-state index contributed by atoms with van der Waals surface area (Å²) < 4.78 is 0. The van der Waals surface area contributed by atoms with Gasteiger partial charge in [-0.15, -0.1) is 0 Å². The van der Waals surface area contributed by atoms with Crippen LogP contribution in [0.3, 0.4) is 0 Å². The molecule has 0 aromatic rings. The molecule has 0 saturated heterocycles. The molecule has 0 N–H and O–H groups in total. The Bertz CT molecular complexity index is 278. The quantitative estimate of drug-likeness (QED) is 0.638. The van der Waals surface area contributed by atoms with Gasteiger partial charge in [-0.1, -0.05) is 34.1 Å². The van der Waals surface area contributed by atoms with Gasteiger partial charge < -0.3 is 0 Å². The highest BCUT2D eigenvalue weighted by Gasteiger charge is 2.67. The maximum atomic E-state index is 2.55. The molecule has 0 heteroatoms. The molecule has 0 nitrogen and oxygen atoms in total. The van der Waals surface area contributed by atoms with Gasteiger partial charge in [-0.05, 0) is 60.2 Å². The Morgan fingerprint density at radius 1 is 1.07 bits per heavy atom. The van der Waals surface area contributed by atoms with E-state index in [1.165, 1.54) is 12.8 Å². The molecule has 3 rings (SSSR count). The minimum Gasteiger partial charge on any atom is -0.0651 e. The van der Waals surface area contributed by atoms with Gasteiger partial charge in [0.05, 0.1) is 0 Å². The zero-order valence-corrected chi connectivity index (χ0v) is 10.8. The smallest absolute Gasteiger partial charge is 0.0240 e. The lowest BCUT2D eigenvalue weighted by molar-refractivity contribution is 0.134. The molecule has 0 radical (unpaired) electrons. The highest BCUT2D eigenvalue weighted by molar-refractivity contribution is 5.16. The molecule has 0 bridgehead atoms. The summed E-state index contributed by atoms with van der Waals surface area (Å²) >= 11 is 0. The predicted octanol–water partition coefficient (Wildman–Crippen LogP) is 4.49. The van der Waals surface area contributed by atoms with Gasteiger partial charge in [0.25, 0.3) is 0 Å². The first-order valence-corrected chi connectivity index (χ1v) is 6.99. The molecular formula is C15H26. The first kappa shape index (κ1) is 10.2. The van der Waals surface area contributed by atoms with Crippen LogP contribution in [0.5, 0.6) is 0 Å². The number of rotatable bonds is 3. The minimum atomic E-state index is 0.637. The lowest BCUT2D eigenvalue weighted by Gasteiger charge is -2.35. The van der Waals surface area contributed by atoms with Crippen LogP contribution in [0, 0.1) is 34.5 Å². The number of hydrogen-bond acceptors (Lipinski definition) is 0. The molecule has 0 aliphatic heterocycles. The van der Waals surface area contributed by atoms with Gasteiger partial charge in [-0.3, -0.25) is 0 Å². The Morgan fingerprint density at radius 3 is 2.27 bits per heavy atom. The summed E-state index contributed by atoms with van der Waals surface area (Å²) in [6, 6.07) is 0. The van der Waals surface area contributed by atoms with Crippen molar-refractivity contribution in [3.63, 3.8) is 0 Å². The van der Waals surface area contributed by atoms with Crippen molar-refractivity contribution in [2.24, 2.45) is 34.5 Å². The summed E-state index contributed by atoms with van der Waals surface area (Å²) in [5.41, 5.74) is 1.37. The largest absolute Gasteiger partial charge is 0.0651 e. The molecule has 0 aromatic carbocycles. The number of hydrogen-bond donors (Lipinski definition) is 0. The van der Waals surface area contributed by atoms with E-state index in [1.807, 2.05) is 0 Å². The molecule has 3 saturated carbocycles. The Morgan fingerprint density at radius 2 is 1.80 bits per heavy atom. The lowest BCUT2D eigenvalue weighted by Crippen LogP contribution is -2.28. The van der Waals surface area contributed by atoms with Crippen LogP contribution in [0.2, 0.25) is 0 Å². The van der Waals surface area contributed by atoms with Crippen molar-refractivity contribution in [3.05, 3.63) is 0 Å². The maximum absolute atomic E-state index is 2.55. The second kappa shape index (κ2) is 2.81. The fourth-order valence-corrected chi connectivity index (χ4v) is 4.55. The fraction of sp³-hybridized carbons (Fsp3) is 1.00. The predicted molar refractivity (Wildman–Crippen MR) is 64.6 cm³/mol. The first-order chi connectivity index (χ1) is 6.99. The highest BCUT2D eigenvalue weighted by atomic mass is 14.7. The van der Waals surface area contributed by atoms with E-state index in [0.29, 0.717) is 5.41 Å². The van der Waals surface area contributed by atoms with Crippen molar-refractivity contribution in [1.82, 2.24) is 0 Å². The van der Waals surface area contributed by atoms with Crippen LogP contribution in [0.4, 0.5) is 0 Å². The van der Waals surface area contributed by atoms with Gasteiger partial charge in [0.1, 0.15) is 0 Å². The molecule has 0 heterocycles. The molecule has 5 atom stereocenters. The van der Waals surface area contributed by atoms with Crippen LogP contribution in [0.15, 0.2) is 0 Å². The van der Waals surface area contributed by atoms with Crippen molar-refractivity contribution >= 4 is 0 Å². The third-order valence-electron chi connectivity index (χ3n) is 6.65. The molecule has 3 aliphatic rings. The third kappa shape index (κ3) is 1.26. The Labute approximate surface area is 94.8 Å². The van der Waals surface area contributed by atoms with Gasteiger partial charge in [-0.2, -0.15) is 0 Å². The minimum absolute atomic E-state index is 0.637. The average molecular weight is 206 g/mol. The van der Waals surface area contributed by atoms with Crippen LogP contribution in [-0.4, -0.2) is 0 Å². The molecule has 3 fully saturated rings. The third-order valence-corrected chi connectivity index (χ3v) is 6.65. The second-order valence-corrected chi connectivity index (χ2v) is 7.37. The van der Waals surface area contributed by atoms with Gasteiger partial charge in [0, 0.05) is 0 Å². The van der Waals surface area contributed by atoms with Gasteiger partial charge in [0.2, 0.25) is 0 Å². The van der Waals surface area contributed by atoms with E-state index in [4.69, 9.17) is 0 Å². The first-order valence-electron chi connectivity index (χ1n) is 6.99. The summed E-state index contributed by atoms with van der Waals surface area (Å²) in [5, 5.41) is 0. The maximum Gasteiger partial charge on any atom is -0.0240 e. The van der Waals surface area contributed by atoms with E-state index < -0.39 is 0 Å². The highest BCUT2D eigenvalue weighted by Crippen LogP contribution is 2.75. The molecular weight excluding hydrogens is 180 g/mol. The summed E-state index contributed by atoms with van der Waals surface area (Å²) in [6.07, 6.45) is 7.61. The zero-order valence-electron chi connectivity index (χ0n) is 10.8. The Kier molecular flexibility index (Phi) is 1.91. The van der Waals surface area contributed by atoms with Crippen LogP contribution in [-0.2, 0) is 0 Å². The van der Waals surface area contributed by atoms with E-state index in [2.05, 4.69) is 27.7 Å². The monoisotopic (exact) mass is 206 g/mol. The summed E-state index contributed by atoms with van der Waals surface area (Å²) in [5.74, 6) is 4.35. The molecule has 0 amide bonds. The van der Waals surface area contributed by atoms with Crippen LogP contribution in [0.1, 0.15) is 59.8 Å². The van der Waals surface area contributed by atoms with Crippen LogP contribution in [0.25, 0.3) is 0 Å². The summed E-state index contributed by atoms with van der Waals surface area (Å²) in [6.45, 7) is 10.0. The number of fused-ring (bicyclic) bond motifs is 1. The van der Waals surface area contributed by atoms with E-state index in [-0.39, 0.29) is 0 Å². The van der Waals surface area contributed by atoms with E-state index >= 15 is 0 Å². The average Bonchev–Trinajstić information content (AvgIpc) is 3.02. The van der Waals surface area contributed by atoms with E-state index in [1.54, 1.807) is 19.3 Å². The van der Waals surface area contributed by atoms with E-state index in [9.17, 15) is 0 Å². The second-order valence-electron chi connectivity index (χ2n) is 7.37.